The number of carbonyl (C=O) groups is 1. The molecule has 0 N–H and O–H groups in total. The van der Waals surface area contributed by atoms with Crippen LogP contribution in [-0.4, -0.2) is 10.8 Å². The van der Waals surface area contributed by atoms with Gasteiger partial charge in [0.2, 0.25) is 0 Å². The number of nitrogens with zero attached hydrogens (tertiary/aromatic N) is 1. The van der Waals surface area contributed by atoms with Crippen LogP contribution in [0.2, 0.25) is 0 Å². The first-order valence-electron chi connectivity index (χ1n) is 5.16. The zero-order valence-corrected chi connectivity index (χ0v) is 9.36. The molecule has 0 saturated heterocycles. The first kappa shape index (κ1) is 10.6. The second kappa shape index (κ2) is 4.31. The van der Waals surface area contributed by atoms with Crippen molar-refractivity contribution >= 4 is 5.78 Å². The lowest BCUT2D eigenvalue weighted by Gasteiger charge is -1.98. The van der Waals surface area contributed by atoms with Crippen molar-refractivity contribution in [2.24, 2.45) is 0 Å². The minimum Gasteiger partial charge on any atom is -0.437 e. The predicted octanol–water partition coefficient (Wildman–Crippen LogP) is 2.78. The van der Waals surface area contributed by atoms with Crippen molar-refractivity contribution in [2.75, 3.05) is 0 Å². The molecule has 82 valence electrons. The zero-order valence-electron chi connectivity index (χ0n) is 9.36. The number of carbonyl (C=O) groups excluding carboxylic acids is 1. The number of Topliss-reactive ketones (excluding diaryl/α,β-unsaturated/α-hetero) is 1. The summed E-state index contributed by atoms with van der Waals surface area (Å²) in [5.41, 5.74) is 2.34. The van der Waals surface area contributed by atoms with Crippen molar-refractivity contribution < 1.29 is 9.21 Å². The molecule has 1 aromatic heterocycles. The van der Waals surface area contributed by atoms with Gasteiger partial charge in [-0.2, -0.15) is 0 Å². The summed E-state index contributed by atoms with van der Waals surface area (Å²) in [6.07, 6.45) is 2.10. The van der Waals surface area contributed by atoms with Crippen molar-refractivity contribution in [3.05, 3.63) is 53.2 Å². The normalized spacial score (nSPS) is 10.4. The lowest BCUT2D eigenvalue weighted by molar-refractivity contribution is 0.0985. The van der Waals surface area contributed by atoms with E-state index in [1.807, 2.05) is 25.1 Å². The van der Waals surface area contributed by atoms with E-state index in [0.717, 1.165) is 5.56 Å². The van der Waals surface area contributed by atoms with Crippen LogP contribution in [0.4, 0.5) is 0 Å². The van der Waals surface area contributed by atoms with Crippen LogP contribution in [-0.2, 0) is 6.42 Å². The van der Waals surface area contributed by atoms with Gasteiger partial charge in [0.15, 0.2) is 17.4 Å². The molecule has 0 bridgehead atoms. The van der Waals surface area contributed by atoms with Crippen LogP contribution < -0.4 is 0 Å². The maximum absolute atomic E-state index is 11.0. The lowest BCUT2D eigenvalue weighted by Crippen LogP contribution is -1.89. The van der Waals surface area contributed by atoms with Crippen molar-refractivity contribution in [3.63, 3.8) is 0 Å². The summed E-state index contributed by atoms with van der Waals surface area (Å²) in [6, 6.07) is 8.14. The highest BCUT2D eigenvalue weighted by Gasteiger charge is 2.08. The standard InChI is InChI=1S/C13H13NO2/c1-9-4-3-5-11(6-9)7-13-14-8-12(16-13)10(2)15/h3-6,8H,7H2,1-2H3. The Hall–Kier alpha value is -1.90. The van der Waals surface area contributed by atoms with E-state index in [-0.39, 0.29) is 5.78 Å². The first-order valence-corrected chi connectivity index (χ1v) is 5.16. The molecule has 2 aromatic rings. The molecule has 0 radical (unpaired) electrons. The van der Waals surface area contributed by atoms with Gasteiger partial charge in [0.25, 0.3) is 0 Å². The third-order valence-corrected chi connectivity index (χ3v) is 2.34. The number of aromatic nitrogens is 1. The Kier molecular flexibility index (Phi) is 2.86. The summed E-state index contributed by atoms with van der Waals surface area (Å²) in [5.74, 6) is 0.807. The third-order valence-electron chi connectivity index (χ3n) is 2.34. The molecule has 0 amide bonds. The minimum atomic E-state index is -0.0945. The summed E-state index contributed by atoms with van der Waals surface area (Å²) in [7, 11) is 0. The fraction of sp³-hybridized carbons (Fsp3) is 0.231. The molecule has 0 saturated carbocycles. The number of hydrogen-bond acceptors (Lipinski definition) is 3. The fourth-order valence-corrected chi connectivity index (χ4v) is 1.55. The average molecular weight is 215 g/mol. The van der Waals surface area contributed by atoms with Gasteiger partial charge in [0.05, 0.1) is 6.20 Å². The second-order valence-corrected chi connectivity index (χ2v) is 3.84. The Morgan fingerprint density at radius 3 is 2.88 bits per heavy atom. The molecule has 2 rings (SSSR count). The highest BCUT2D eigenvalue weighted by atomic mass is 16.4. The molecule has 0 fully saturated rings. The highest BCUT2D eigenvalue weighted by Crippen LogP contribution is 2.12. The van der Waals surface area contributed by atoms with Crippen molar-refractivity contribution in [2.45, 2.75) is 20.3 Å². The molecule has 3 heteroatoms. The zero-order chi connectivity index (χ0) is 11.5. The van der Waals surface area contributed by atoms with Crippen LogP contribution in [0.5, 0.6) is 0 Å². The molecule has 3 nitrogen and oxygen atoms in total. The van der Waals surface area contributed by atoms with Gasteiger partial charge in [0, 0.05) is 13.3 Å². The summed E-state index contributed by atoms with van der Waals surface area (Å²) in [5, 5.41) is 0. The van der Waals surface area contributed by atoms with Crippen molar-refractivity contribution in [1.29, 1.82) is 0 Å². The second-order valence-electron chi connectivity index (χ2n) is 3.84. The van der Waals surface area contributed by atoms with Crippen molar-refractivity contribution in [3.8, 4) is 0 Å². The molecular weight excluding hydrogens is 202 g/mol. The summed E-state index contributed by atoms with van der Waals surface area (Å²) >= 11 is 0. The van der Waals surface area contributed by atoms with E-state index in [1.165, 1.54) is 18.7 Å². The SMILES string of the molecule is CC(=O)c1cnc(Cc2cccc(C)c2)o1. The highest BCUT2D eigenvalue weighted by molar-refractivity contribution is 5.90. The van der Waals surface area contributed by atoms with E-state index < -0.39 is 0 Å². The summed E-state index contributed by atoms with van der Waals surface area (Å²) in [6.45, 7) is 3.51. The number of ketones is 1. The van der Waals surface area contributed by atoms with Gasteiger partial charge < -0.3 is 4.42 Å². The van der Waals surface area contributed by atoms with Gasteiger partial charge in [-0.25, -0.2) is 4.98 Å². The third kappa shape index (κ3) is 2.37. The maximum atomic E-state index is 11.0. The van der Waals surface area contributed by atoms with Crippen LogP contribution in [0.15, 0.2) is 34.9 Å². The molecule has 0 aliphatic heterocycles. The largest absolute Gasteiger partial charge is 0.437 e. The molecule has 0 aliphatic carbocycles. The number of rotatable bonds is 3. The Morgan fingerprint density at radius 2 is 2.25 bits per heavy atom. The van der Waals surface area contributed by atoms with E-state index in [0.29, 0.717) is 18.1 Å². The van der Waals surface area contributed by atoms with E-state index in [4.69, 9.17) is 4.42 Å². The number of benzene rings is 1. The molecule has 0 atom stereocenters. The topological polar surface area (TPSA) is 43.1 Å². The Bertz CT molecular complexity index is 514. The van der Waals surface area contributed by atoms with Gasteiger partial charge in [-0.1, -0.05) is 29.8 Å². The van der Waals surface area contributed by atoms with Gasteiger partial charge in [0.1, 0.15) is 0 Å². The molecule has 0 spiro atoms. The Balaban J connectivity index is 2.17. The predicted molar refractivity (Wildman–Crippen MR) is 60.5 cm³/mol. The van der Waals surface area contributed by atoms with Crippen LogP contribution in [0.3, 0.4) is 0 Å². The monoisotopic (exact) mass is 215 g/mol. The minimum absolute atomic E-state index is 0.0945. The first-order chi connectivity index (χ1) is 7.65. The molecular formula is C13H13NO2. The summed E-state index contributed by atoms with van der Waals surface area (Å²) < 4.78 is 5.33. The number of aryl methyl sites for hydroxylation is 1. The summed E-state index contributed by atoms with van der Waals surface area (Å²) in [4.78, 5) is 15.1. The number of hydrogen-bond donors (Lipinski definition) is 0. The maximum Gasteiger partial charge on any atom is 0.199 e. The number of oxazole rings is 1. The van der Waals surface area contributed by atoms with Gasteiger partial charge >= 0.3 is 0 Å². The molecule has 1 aromatic carbocycles. The van der Waals surface area contributed by atoms with Crippen molar-refractivity contribution in [1.82, 2.24) is 4.98 Å². The lowest BCUT2D eigenvalue weighted by atomic mass is 10.1. The van der Waals surface area contributed by atoms with Crippen LogP contribution in [0, 0.1) is 6.92 Å². The molecule has 0 aliphatic rings. The smallest absolute Gasteiger partial charge is 0.199 e. The van der Waals surface area contributed by atoms with Gasteiger partial charge in [-0.3, -0.25) is 4.79 Å². The van der Waals surface area contributed by atoms with Crippen LogP contribution in [0.25, 0.3) is 0 Å². The van der Waals surface area contributed by atoms with E-state index in [2.05, 4.69) is 11.1 Å². The molecule has 0 unspecified atom stereocenters. The molecule has 1 heterocycles. The van der Waals surface area contributed by atoms with E-state index in [9.17, 15) is 4.79 Å². The quantitative estimate of drug-likeness (QED) is 0.739. The van der Waals surface area contributed by atoms with Gasteiger partial charge in [-0.05, 0) is 12.5 Å². The molecule has 16 heavy (non-hydrogen) atoms. The fourth-order valence-electron chi connectivity index (χ4n) is 1.55. The van der Waals surface area contributed by atoms with Gasteiger partial charge in [-0.15, -0.1) is 0 Å². The average Bonchev–Trinajstić information content (AvgIpc) is 2.66. The van der Waals surface area contributed by atoms with Crippen LogP contribution >= 0.6 is 0 Å². The van der Waals surface area contributed by atoms with Crippen LogP contribution in [0.1, 0.15) is 34.5 Å². The van der Waals surface area contributed by atoms with E-state index in [1.54, 1.807) is 0 Å². The van der Waals surface area contributed by atoms with E-state index >= 15 is 0 Å². The Labute approximate surface area is 94.1 Å². The Morgan fingerprint density at radius 1 is 1.44 bits per heavy atom.